The van der Waals surface area contributed by atoms with Crippen molar-refractivity contribution in [3.8, 4) is 0 Å². The molecule has 2 aliphatic carbocycles. The van der Waals surface area contributed by atoms with Crippen LogP contribution >= 0.6 is 0 Å². The maximum Gasteiger partial charge on any atom is 0.218 e. The fourth-order valence-corrected chi connectivity index (χ4v) is 7.52. The van der Waals surface area contributed by atoms with E-state index < -0.39 is 11.6 Å². The molecule has 38 heavy (non-hydrogen) atoms. The maximum absolute atomic E-state index is 14.3. The van der Waals surface area contributed by atoms with Crippen molar-refractivity contribution in [3.63, 3.8) is 0 Å². The highest BCUT2D eigenvalue weighted by atomic mass is 16.6. The van der Waals surface area contributed by atoms with Gasteiger partial charge in [0.2, 0.25) is 11.5 Å². The molecule has 5 aliphatic heterocycles. The topological polar surface area (TPSA) is 89.2 Å². The molecular formula is C29H39N3O6+2. The molecule has 1 aromatic rings. The third-order valence-corrected chi connectivity index (χ3v) is 9.60. The molecule has 8 rings (SSSR count). The number of fused-ring (bicyclic) bond motifs is 2. The molecular weight excluding hydrogens is 486 g/mol. The van der Waals surface area contributed by atoms with Crippen molar-refractivity contribution in [2.45, 2.75) is 25.5 Å². The molecule has 5 heterocycles. The predicted molar refractivity (Wildman–Crippen MR) is 141 cm³/mol. The lowest BCUT2D eigenvalue weighted by Crippen LogP contribution is -2.61. The molecule has 9 nitrogen and oxygen atoms in total. The van der Waals surface area contributed by atoms with Crippen LogP contribution in [-0.4, -0.2) is 102 Å². The number of hydrogen-bond donors (Lipinski definition) is 1. The Balaban J connectivity index is 1.55. The SMILES string of the molecule is CCCCOC1=C2c3c4cccc3[N+]3(CCOCC3)CCOC3=C1[N+]1(CCOCC1)CCOC3(N)C2C4=O. The maximum atomic E-state index is 14.3. The van der Waals surface area contributed by atoms with E-state index in [0.717, 1.165) is 90.4 Å². The lowest BCUT2D eigenvalue weighted by Gasteiger charge is -2.47. The summed E-state index contributed by atoms with van der Waals surface area (Å²) in [4.78, 5) is 14.3. The van der Waals surface area contributed by atoms with E-state index in [1.807, 2.05) is 12.1 Å². The minimum Gasteiger partial charge on any atom is -0.487 e. The van der Waals surface area contributed by atoms with Gasteiger partial charge in [0.05, 0.1) is 45.2 Å². The highest BCUT2D eigenvalue weighted by molar-refractivity contribution is 6.18. The van der Waals surface area contributed by atoms with Gasteiger partial charge in [0.15, 0.2) is 17.3 Å². The second-order valence-corrected chi connectivity index (χ2v) is 11.5. The van der Waals surface area contributed by atoms with Gasteiger partial charge in [-0.3, -0.25) is 19.5 Å². The second kappa shape index (κ2) is 9.15. The molecule has 9 heteroatoms. The molecule has 2 N–H and O–H groups in total. The van der Waals surface area contributed by atoms with Crippen LogP contribution in [0, 0.1) is 5.92 Å². The molecule has 6 bridgehead atoms. The summed E-state index contributed by atoms with van der Waals surface area (Å²) in [6, 6.07) is 6.16. The average Bonchev–Trinajstić information content (AvgIpc) is 3.20. The number of nitrogens with zero attached hydrogens (tertiary/aromatic N) is 2. The minimum atomic E-state index is -1.37. The van der Waals surface area contributed by atoms with Crippen LogP contribution in [-0.2, 0) is 23.7 Å². The van der Waals surface area contributed by atoms with Crippen LogP contribution in [0.5, 0.6) is 0 Å². The van der Waals surface area contributed by atoms with Crippen molar-refractivity contribution >= 4 is 17.0 Å². The predicted octanol–water partition coefficient (Wildman–Crippen LogP) is 2.15. The highest BCUT2D eigenvalue weighted by Gasteiger charge is 2.64. The van der Waals surface area contributed by atoms with Crippen molar-refractivity contribution < 1.29 is 33.0 Å². The van der Waals surface area contributed by atoms with E-state index in [9.17, 15) is 4.79 Å². The van der Waals surface area contributed by atoms with E-state index in [4.69, 9.17) is 29.4 Å². The van der Waals surface area contributed by atoms with E-state index in [2.05, 4.69) is 13.0 Å². The van der Waals surface area contributed by atoms with Crippen LogP contribution in [0.3, 0.4) is 0 Å². The zero-order valence-electron chi connectivity index (χ0n) is 22.3. The number of quaternary nitrogens is 2. The number of unbranched alkanes of at least 4 members (excludes halogenated alkanes) is 1. The summed E-state index contributed by atoms with van der Waals surface area (Å²) in [5, 5.41) is 0. The summed E-state index contributed by atoms with van der Waals surface area (Å²) in [5.41, 5.74) is 10.6. The average molecular weight is 526 g/mol. The Hall–Kier alpha value is -2.27. The van der Waals surface area contributed by atoms with Gasteiger partial charge in [-0.2, -0.15) is 0 Å². The van der Waals surface area contributed by atoms with Crippen molar-refractivity contribution in [2.75, 3.05) is 85.5 Å². The van der Waals surface area contributed by atoms with Gasteiger partial charge in [-0.15, -0.1) is 0 Å². The monoisotopic (exact) mass is 525 g/mol. The van der Waals surface area contributed by atoms with Gasteiger partial charge in [0, 0.05) is 11.1 Å². The smallest absolute Gasteiger partial charge is 0.218 e. The van der Waals surface area contributed by atoms with Crippen molar-refractivity contribution in [2.24, 2.45) is 11.7 Å². The van der Waals surface area contributed by atoms with Gasteiger partial charge in [-0.1, -0.05) is 25.5 Å². The van der Waals surface area contributed by atoms with Gasteiger partial charge < -0.3 is 23.7 Å². The van der Waals surface area contributed by atoms with Crippen LogP contribution in [0.4, 0.5) is 5.69 Å². The van der Waals surface area contributed by atoms with Crippen LogP contribution in [0.2, 0.25) is 0 Å². The van der Waals surface area contributed by atoms with Gasteiger partial charge in [-0.25, -0.2) is 0 Å². The number of hydrogen-bond acceptors (Lipinski definition) is 7. The van der Waals surface area contributed by atoms with Crippen LogP contribution in [0.25, 0.3) is 5.57 Å². The lowest BCUT2D eigenvalue weighted by atomic mass is 9.79. The Morgan fingerprint density at radius 3 is 2.39 bits per heavy atom. The molecule has 0 aromatic heterocycles. The number of ketones is 1. The number of benzene rings is 1. The number of nitrogens with two attached hydrogens (primary N) is 1. The fourth-order valence-electron chi connectivity index (χ4n) is 7.52. The number of rotatable bonds is 4. The number of morpholine rings is 2. The first-order valence-corrected chi connectivity index (χ1v) is 14.3. The standard InChI is InChI=1S/C29H39N3O6/c1-2-3-13-36-27-23-22-20-5-4-6-21(22)31(7-14-34-15-8-31)11-18-37-28-25(27)32(9-16-35-17-10-32)12-19-38-29(28,30)24(23)26(20)33/h4-6,24H,2-3,7-19,30H2,1H3/q+2. The first kappa shape index (κ1) is 24.7. The third kappa shape index (κ3) is 3.36. The third-order valence-electron chi connectivity index (χ3n) is 9.60. The van der Waals surface area contributed by atoms with E-state index in [1.165, 1.54) is 0 Å². The Labute approximate surface area is 223 Å². The van der Waals surface area contributed by atoms with E-state index in [1.54, 1.807) is 0 Å². The summed E-state index contributed by atoms with van der Waals surface area (Å²) in [5.74, 6) is 0.681. The molecule has 2 atom stereocenters. The summed E-state index contributed by atoms with van der Waals surface area (Å²) in [6.45, 7) is 11.1. The van der Waals surface area contributed by atoms with E-state index in [-0.39, 0.29) is 5.78 Å². The van der Waals surface area contributed by atoms with Crippen molar-refractivity contribution in [1.29, 1.82) is 0 Å². The molecule has 0 amide bonds. The summed E-state index contributed by atoms with van der Waals surface area (Å²) in [6.07, 6.45) is 1.95. The first-order chi connectivity index (χ1) is 18.5. The Kier molecular flexibility index (Phi) is 5.96. The number of carbonyl (C=O) groups is 1. The number of Topliss-reactive ketones (excluding diaryl/α,β-unsaturated/α-hetero) is 1. The zero-order chi connectivity index (χ0) is 26.0. The van der Waals surface area contributed by atoms with Crippen LogP contribution in [0.1, 0.15) is 35.7 Å². The molecule has 2 saturated heterocycles. The highest BCUT2D eigenvalue weighted by Crippen LogP contribution is 2.58. The molecule has 0 saturated carbocycles. The van der Waals surface area contributed by atoms with Gasteiger partial charge >= 0.3 is 0 Å². The summed E-state index contributed by atoms with van der Waals surface area (Å²) >= 11 is 0. The Bertz CT molecular complexity index is 1210. The number of ether oxygens (including phenoxy) is 5. The molecule has 2 spiro atoms. The van der Waals surface area contributed by atoms with Crippen LogP contribution < -0.4 is 10.2 Å². The van der Waals surface area contributed by atoms with Gasteiger partial charge in [-0.05, 0) is 12.5 Å². The summed E-state index contributed by atoms with van der Waals surface area (Å²) in [7, 11) is 0. The van der Waals surface area contributed by atoms with Gasteiger partial charge in [0.1, 0.15) is 57.5 Å². The van der Waals surface area contributed by atoms with E-state index in [0.29, 0.717) is 56.5 Å². The molecule has 0 radical (unpaired) electrons. The molecule has 1 aromatic carbocycles. The van der Waals surface area contributed by atoms with Crippen molar-refractivity contribution in [1.82, 2.24) is 4.48 Å². The molecule has 7 aliphatic rings. The lowest BCUT2D eigenvalue weighted by molar-refractivity contribution is -0.899. The fraction of sp³-hybridized carbons (Fsp3) is 0.621. The van der Waals surface area contributed by atoms with E-state index >= 15 is 0 Å². The molecule has 2 unspecified atom stereocenters. The van der Waals surface area contributed by atoms with Gasteiger partial charge in [0.25, 0.3) is 0 Å². The Morgan fingerprint density at radius 2 is 1.66 bits per heavy atom. The molecule has 204 valence electrons. The second-order valence-electron chi connectivity index (χ2n) is 11.5. The quantitative estimate of drug-likeness (QED) is 0.476. The van der Waals surface area contributed by atoms with Crippen molar-refractivity contribution in [3.05, 3.63) is 46.5 Å². The zero-order valence-corrected chi connectivity index (χ0v) is 22.3. The summed E-state index contributed by atoms with van der Waals surface area (Å²) < 4.78 is 33.1. The largest absolute Gasteiger partial charge is 0.487 e. The first-order valence-electron chi connectivity index (χ1n) is 14.3. The molecule has 2 fully saturated rings. The minimum absolute atomic E-state index is 0.000159. The Morgan fingerprint density at radius 1 is 0.974 bits per heavy atom. The number of carbonyl (C=O) groups excluding carboxylic acids is 1. The normalized spacial score (nSPS) is 31.0. The van der Waals surface area contributed by atoms with Crippen LogP contribution in [0.15, 0.2) is 35.4 Å².